The lowest BCUT2D eigenvalue weighted by Gasteiger charge is -2.02. The number of aliphatic hydroxyl groups excluding tert-OH is 1. The fourth-order valence-electron chi connectivity index (χ4n) is 2.16. The number of H-pyrrole nitrogens is 1. The van der Waals surface area contributed by atoms with E-state index in [0.29, 0.717) is 16.7 Å². The summed E-state index contributed by atoms with van der Waals surface area (Å²) in [5, 5.41) is 14.2. The topological polar surface area (TPSA) is 136 Å². The molecule has 0 atom stereocenters. The number of esters is 1. The van der Waals surface area contributed by atoms with Gasteiger partial charge in [0.25, 0.3) is 5.78 Å². The molecule has 0 unspecified atom stereocenters. The summed E-state index contributed by atoms with van der Waals surface area (Å²) in [7, 11) is 1.11. The summed E-state index contributed by atoms with van der Waals surface area (Å²) < 4.78 is 5.78. The number of hydrogen-bond acceptors (Lipinski definition) is 7. The lowest BCUT2D eigenvalue weighted by molar-refractivity contribution is -0.135. The maximum absolute atomic E-state index is 12.2. The van der Waals surface area contributed by atoms with E-state index < -0.39 is 18.4 Å². The lowest BCUT2D eigenvalue weighted by atomic mass is 10.1. The second-order valence-electron chi connectivity index (χ2n) is 4.78. The van der Waals surface area contributed by atoms with Crippen molar-refractivity contribution in [3.05, 3.63) is 47.1 Å². The van der Waals surface area contributed by atoms with Gasteiger partial charge in [0.05, 0.1) is 24.6 Å². The van der Waals surface area contributed by atoms with Crippen molar-refractivity contribution in [2.24, 2.45) is 5.73 Å². The average Bonchev–Trinajstić information content (AvgIpc) is 3.21. The molecule has 9 heteroatoms. The molecule has 9 nitrogen and oxygen atoms in total. The first kappa shape index (κ1) is 17.2. The van der Waals surface area contributed by atoms with Crippen LogP contribution in [0.2, 0.25) is 0 Å². The minimum Gasteiger partial charge on any atom is -0.463 e. The summed E-state index contributed by atoms with van der Waals surface area (Å²) in [4.78, 5) is 30.6. The number of carbonyl (C=O) groups excluding carboxylic acids is 2. The quantitative estimate of drug-likeness (QED) is 0.333. The molecule has 0 amide bonds. The van der Waals surface area contributed by atoms with Crippen molar-refractivity contribution >= 4 is 23.1 Å². The Balaban J connectivity index is 2.88. The van der Waals surface area contributed by atoms with Gasteiger partial charge < -0.3 is 20.6 Å². The Morgan fingerprint density at radius 3 is 2.75 bits per heavy atom. The molecule has 126 valence electrons. The molecule has 0 aromatic carbocycles. The van der Waals surface area contributed by atoms with Crippen molar-refractivity contribution in [3.63, 3.8) is 0 Å². The smallest absolute Gasteiger partial charge is 0.379 e. The van der Waals surface area contributed by atoms with Crippen LogP contribution < -0.4 is 16.3 Å². The zero-order chi connectivity index (χ0) is 17.9. The molecule has 4 N–H and O–H groups in total. The van der Waals surface area contributed by atoms with Crippen molar-refractivity contribution in [2.45, 2.75) is 6.92 Å². The summed E-state index contributed by atoms with van der Waals surface area (Å²) >= 11 is 0. The second kappa shape index (κ2) is 6.92. The number of aromatic amines is 1. The zero-order valence-corrected chi connectivity index (χ0v) is 13.2. The number of aromatic nitrogens is 4. The van der Waals surface area contributed by atoms with Gasteiger partial charge in [0.15, 0.2) is 5.82 Å². The van der Waals surface area contributed by atoms with Crippen LogP contribution >= 0.6 is 0 Å². The van der Waals surface area contributed by atoms with Gasteiger partial charge in [-0.25, -0.2) is 14.5 Å². The van der Waals surface area contributed by atoms with E-state index in [1.165, 1.54) is 23.3 Å². The number of nitrogens with one attached hydrogen (secondary N) is 1. The minimum absolute atomic E-state index is 0.0144. The molecule has 0 aliphatic heterocycles. The number of rotatable bonds is 5. The predicted molar refractivity (Wildman–Crippen MR) is 84.8 cm³/mol. The highest BCUT2D eigenvalue weighted by atomic mass is 16.5. The Kier molecular flexibility index (Phi) is 4.95. The molecule has 0 aliphatic rings. The Hall–Kier alpha value is -3.20. The molecule has 24 heavy (non-hydrogen) atoms. The number of Topliss-reactive ketones (excluding diaryl/α,β-unsaturated/α-hetero) is 1. The SMILES string of the molecule is C=C/C(CO)=c1/c(C(=O)C(=O)OC)c[nH]/c1=C(/N)n1cnc(C)n1. The molecule has 0 bridgehead atoms. The van der Waals surface area contributed by atoms with Gasteiger partial charge in [-0.1, -0.05) is 12.7 Å². The largest absolute Gasteiger partial charge is 0.463 e. The Morgan fingerprint density at radius 2 is 2.25 bits per heavy atom. The number of nitrogens with zero attached hydrogens (tertiary/aromatic N) is 3. The third-order valence-electron chi connectivity index (χ3n) is 3.34. The zero-order valence-electron chi connectivity index (χ0n) is 13.2. The number of aliphatic hydroxyl groups is 1. The average molecular weight is 331 g/mol. The maximum atomic E-state index is 12.2. The van der Waals surface area contributed by atoms with Gasteiger partial charge in [-0.05, 0) is 12.5 Å². The highest BCUT2D eigenvalue weighted by Gasteiger charge is 2.21. The lowest BCUT2D eigenvalue weighted by Crippen LogP contribution is -2.37. The number of ether oxygens (including phenoxy) is 1. The molecular formula is C15H17N5O4. The molecule has 0 spiro atoms. The summed E-state index contributed by atoms with van der Waals surface area (Å²) in [6.07, 6.45) is 4.10. The molecule has 0 fully saturated rings. The Labute approximate surface area is 136 Å². The van der Waals surface area contributed by atoms with E-state index in [2.05, 4.69) is 26.4 Å². The first-order valence-electron chi connectivity index (χ1n) is 6.89. The predicted octanol–water partition coefficient (Wildman–Crippen LogP) is -1.83. The fraction of sp³-hybridized carbons (Fsp3) is 0.200. The van der Waals surface area contributed by atoms with E-state index in [4.69, 9.17) is 5.73 Å². The van der Waals surface area contributed by atoms with Crippen LogP contribution in [0.5, 0.6) is 0 Å². The molecule has 0 saturated heterocycles. The molecular weight excluding hydrogens is 314 g/mol. The summed E-state index contributed by atoms with van der Waals surface area (Å²) in [6, 6.07) is 0. The van der Waals surface area contributed by atoms with Gasteiger partial charge in [0.1, 0.15) is 12.2 Å². The van der Waals surface area contributed by atoms with Crippen LogP contribution in [-0.4, -0.2) is 50.3 Å². The van der Waals surface area contributed by atoms with Gasteiger partial charge >= 0.3 is 5.97 Å². The van der Waals surface area contributed by atoms with Gasteiger partial charge in [0.2, 0.25) is 0 Å². The molecule has 2 aromatic rings. The molecule has 2 aromatic heterocycles. The van der Waals surface area contributed by atoms with Gasteiger partial charge in [-0.2, -0.15) is 5.10 Å². The number of hydrogen-bond donors (Lipinski definition) is 3. The van der Waals surface area contributed by atoms with Crippen LogP contribution in [0.15, 0.2) is 25.2 Å². The molecule has 0 radical (unpaired) electrons. The van der Waals surface area contributed by atoms with Crippen molar-refractivity contribution in [1.82, 2.24) is 19.7 Å². The minimum atomic E-state index is -1.03. The first-order chi connectivity index (χ1) is 11.4. The first-order valence-corrected chi connectivity index (χ1v) is 6.89. The summed E-state index contributed by atoms with van der Waals surface area (Å²) in [5.41, 5.74) is 6.42. The highest BCUT2D eigenvalue weighted by molar-refractivity contribution is 6.40. The third-order valence-corrected chi connectivity index (χ3v) is 3.34. The fourth-order valence-corrected chi connectivity index (χ4v) is 2.16. The normalized spacial score (nSPS) is 13.3. The van der Waals surface area contributed by atoms with E-state index in [0.717, 1.165) is 7.11 Å². The number of aryl methyl sites for hydroxylation is 1. The maximum Gasteiger partial charge on any atom is 0.379 e. The second-order valence-corrected chi connectivity index (χ2v) is 4.78. The van der Waals surface area contributed by atoms with Crippen LogP contribution in [0.4, 0.5) is 0 Å². The van der Waals surface area contributed by atoms with E-state index >= 15 is 0 Å². The molecule has 2 rings (SSSR count). The van der Waals surface area contributed by atoms with Crippen LogP contribution in [-0.2, 0) is 9.53 Å². The van der Waals surface area contributed by atoms with Crippen molar-refractivity contribution in [2.75, 3.05) is 13.7 Å². The van der Waals surface area contributed by atoms with Crippen molar-refractivity contribution < 1.29 is 19.4 Å². The van der Waals surface area contributed by atoms with E-state index in [1.54, 1.807) is 6.92 Å². The number of nitrogens with two attached hydrogens (primary N) is 1. The summed E-state index contributed by atoms with van der Waals surface area (Å²) in [6.45, 7) is 4.90. The standard InChI is InChI=1S/C15H17N5O4/c1-4-9(6-21)11-10(13(22)15(23)24-3)5-17-12(11)14(16)20-7-18-8(2)19-20/h4-5,7,17,21H,1,6,16H2,2-3H3/b11-9+,14-12-. The number of ketones is 1. The Morgan fingerprint density at radius 1 is 1.54 bits per heavy atom. The van der Waals surface area contributed by atoms with Crippen LogP contribution in [0.1, 0.15) is 16.2 Å². The summed E-state index contributed by atoms with van der Waals surface area (Å²) in [5.74, 6) is -1.25. The van der Waals surface area contributed by atoms with E-state index in [1.807, 2.05) is 0 Å². The third kappa shape index (κ3) is 2.97. The van der Waals surface area contributed by atoms with Gasteiger partial charge in [-0.3, -0.25) is 4.79 Å². The van der Waals surface area contributed by atoms with Crippen LogP contribution in [0, 0.1) is 6.92 Å². The van der Waals surface area contributed by atoms with Crippen molar-refractivity contribution in [1.29, 1.82) is 0 Å². The molecule has 2 heterocycles. The van der Waals surface area contributed by atoms with Gasteiger partial charge in [-0.15, -0.1) is 0 Å². The van der Waals surface area contributed by atoms with Gasteiger partial charge in [0, 0.05) is 11.4 Å². The number of methoxy groups -OCH3 is 1. The Bertz CT molecular complexity index is 922. The molecule has 0 aliphatic carbocycles. The van der Waals surface area contributed by atoms with E-state index in [9.17, 15) is 14.7 Å². The van der Waals surface area contributed by atoms with E-state index in [-0.39, 0.29) is 16.6 Å². The monoisotopic (exact) mass is 331 g/mol. The van der Waals surface area contributed by atoms with Crippen molar-refractivity contribution in [3.8, 4) is 0 Å². The highest BCUT2D eigenvalue weighted by Crippen LogP contribution is 1.99. The van der Waals surface area contributed by atoms with Crippen LogP contribution in [0.3, 0.4) is 0 Å². The molecule has 0 saturated carbocycles. The van der Waals surface area contributed by atoms with Crippen LogP contribution in [0.25, 0.3) is 11.4 Å². The number of carbonyl (C=O) groups is 2.